The molecule has 0 N–H and O–H groups in total. The van der Waals surface area contributed by atoms with Gasteiger partial charge < -0.3 is 0 Å². The molecule has 0 rings (SSSR count). The first-order valence-electron chi connectivity index (χ1n) is 3.63. The van der Waals surface area contributed by atoms with Crippen molar-refractivity contribution in [3.8, 4) is 0 Å². The second-order valence-electron chi connectivity index (χ2n) is 3.21. The van der Waals surface area contributed by atoms with Gasteiger partial charge in [-0.3, -0.25) is 4.79 Å². The van der Waals surface area contributed by atoms with Crippen LogP contribution in [0.1, 0.15) is 34.1 Å². The lowest BCUT2D eigenvalue weighted by Crippen LogP contribution is -2.19. The lowest BCUT2D eigenvalue weighted by atomic mass is 9.85. The molecule has 1 nitrogen and oxygen atoms in total. The number of Topliss-reactive ketones (excluding diaryl/α,β-unsaturated/α-hetero) is 1. The number of allylic oxidation sites excluding steroid dienone is 2. The molecule has 0 aliphatic heterocycles. The van der Waals surface area contributed by atoms with Crippen molar-refractivity contribution in [2.45, 2.75) is 34.1 Å². The molecular formula is C9H16O. The lowest BCUT2D eigenvalue weighted by molar-refractivity contribution is -0.124. The first kappa shape index (κ1) is 9.41. The van der Waals surface area contributed by atoms with Crippen molar-refractivity contribution in [1.29, 1.82) is 0 Å². The zero-order chi connectivity index (χ0) is 8.20. The minimum atomic E-state index is -0.174. The van der Waals surface area contributed by atoms with E-state index >= 15 is 0 Å². The molecule has 0 saturated heterocycles. The van der Waals surface area contributed by atoms with Crippen molar-refractivity contribution < 1.29 is 4.79 Å². The molecule has 0 saturated carbocycles. The summed E-state index contributed by atoms with van der Waals surface area (Å²) in [5.74, 6) is 0.255. The van der Waals surface area contributed by atoms with Gasteiger partial charge in [0.1, 0.15) is 5.78 Å². The van der Waals surface area contributed by atoms with Crippen LogP contribution in [0, 0.1) is 5.41 Å². The van der Waals surface area contributed by atoms with Crippen LogP contribution in [0.4, 0.5) is 0 Å². The molecule has 0 radical (unpaired) electrons. The van der Waals surface area contributed by atoms with E-state index in [0.29, 0.717) is 0 Å². The second kappa shape index (κ2) is 3.55. The van der Waals surface area contributed by atoms with Gasteiger partial charge in [-0.05, 0) is 20.3 Å². The van der Waals surface area contributed by atoms with E-state index in [1.54, 1.807) is 6.92 Å². The Morgan fingerprint density at radius 1 is 1.50 bits per heavy atom. The van der Waals surface area contributed by atoms with Crippen LogP contribution in [0.2, 0.25) is 0 Å². The molecule has 10 heavy (non-hydrogen) atoms. The number of hydrogen-bond donors (Lipinski definition) is 0. The van der Waals surface area contributed by atoms with E-state index in [4.69, 9.17) is 0 Å². The quantitative estimate of drug-likeness (QED) is 0.551. The smallest absolute Gasteiger partial charge is 0.135 e. The van der Waals surface area contributed by atoms with Gasteiger partial charge >= 0.3 is 0 Å². The van der Waals surface area contributed by atoms with Crippen LogP contribution in [0.15, 0.2) is 12.2 Å². The second-order valence-corrected chi connectivity index (χ2v) is 3.21. The van der Waals surface area contributed by atoms with Gasteiger partial charge in [0.05, 0.1) is 0 Å². The van der Waals surface area contributed by atoms with E-state index < -0.39 is 0 Å². The average molecular weight is 140 g/mol. The van der Waals surface area contributed by atoms with E-state index in [2.05, 4.69) is 0 Å². The molecule has 0 atom stereocenters. The predicted molar refractivity (Wildman–Crippen MR) is 43.9 cm³/mol. The SMILES string of the molecule is CC=CCC(C)(C)C(C)=O. The highest BCUT2D eigenvalue weighted by atomic mass is 16.1. The highest BCUT2D eigenvalue weighted by Crippen LogP contribution is 2.21. The topological polar surface area (TPSA) is 17.1 Å². The summed E-state index contributed by atoms with van der Waals surface area (Å²) in [4.78, 5) is 10.9. The van der Waals surface area contributed by atoms with E-state index in [1.165, 1.54) is 0 Å². The molecule has 0 amide bonds. The fourth-order valence-corrected chi connectivity index (χ4v) is 0.556. The Morgan fingerprint density at radius 3 is 2.30 bits per heavy atom. The van der Waals surface area contributed by atoms with Crippen molar-refractivity contribution in [1.82, 2.24) is 0 Å². The average Bonchev–Trinajstić information content (AvgIpc) is 1.84. The monoisotopic (exact) mass is 140 g/mol. The van der Waals surface area contributed by atoms with Crippen LogP contribution in [0.5, 0.6) is 0 Å². The third-order valence-electron chi connectivity index (χ3n) is 1.82. The molecule has 0 aromatic heterocycles. The lowest BCUT2D eigenvalue weighted by Gasteiger charge is -2.17. The Kier molecular flexibility index (Phi) is 3.34. The molecule has 0 bridgehead atoms. The Balaban J connectivity index is 3.99. The van der Waals surface area contributed by atoms with Crippen molar-refractivity contribution in [2.75, 3.05) is 0 Å². The maximum Gasteiger partial charge on any atom is 0.135 e. The zero-order valence-corrected chi connectivity index (χ0v) is 7.27. The molecule has 58 valence electrons. The highest BCUT2D eigenvalue weighted by Gasteiger charge is 2.20. The minimum absolute atomic E-state index is 0.174. The maximum atomic E-state index is 10.9. The zero-order valence-electron chi connectivity index (χ0n) is 7.27. The van der Waals surface area contributed by atoms with E-state index in [9.17, 15) is 4.79 Å². The largest absolute Gasteiger partial charge is 0.299 e. The van der Waals surface area contributed by atoms with Crippen LogP contribution >= 0.6 is 0 Å². The fourth-order valence-electron chi connectivity index (χ4n) is 0.556. The molecule has 0 aromatic rings. The van der Waals surface area contributed by atoms with Crippen molar-refractivity contribution in [2.24, 2.45) is 5.41 Å². The molecule has 1 heteroatoms. The van der Waals surface area contributed by atoms with Crippen LogP contribution in [0.25, 0.3) is 0 Å². The molecule has 0 fully saturated rings. The highest BCUT2D eigenvalue weighted by molar-refractivity contribution is 5.81. The van der Waals surface area contributed by atoms with Crippen LogP contribution in [-0.2, 0) is 4.79 Å². The van der Waals surface area contributed by atoms with Gasteiger partial charge in [0.15, 0.2) is 0 Å². The van der Waals surface area contributed by atoms with Gasteiger partial charge in [0.25, 0.3) is 0 Å². The standard InChI is InChI=1S/C9H16O/c1-5-6-7-9(3,4)8(2)10/h5-6H,7H2,1-4H3. The molecule has 0 heterocycles. The molecule has 0 aliphatic rings. The summed E-state index contributed by atoms with van der Waals surface area (Å²) >= 11 is 0. The first-order valence-corrected chi connectivity index (χ1v) is 3.63. The number of carbonyl (C=O) groups excluding carboxylic acids is 1. The third kappa shape index (κ3) is 2.81. The normalized spacial score (nSPS) is 12.4. The fraction of sp³-hybridized carbons (Fsp3) is 0.667. The van der Waals surface area contributed by atoms with Gasteiger partial charge in [-0.25, -0.2) is 0 Å². The van der Waals surface area contributed by atoms with Crippen molar-refractivity contribution in [3.05, 3.63) is 12.2 Å². The molecule has 0 aliphatic carbocycles. The Bertz CT molecular complexity index is 143. The molecule has 0 unspecified atom stereocenters. The van der Waals surface area contributed by atoms with E-state index in [-0.39, 0.29) is 11.2 Å². The van der Waals surface area contributed by atoms with Crippen LogP contribution in [0.3, 0.4) is 0 Å². The Morgan fingerprint density at radius 2 is 2.00 bits per heavy atom. The van der Waals surface area contributed by atoms with Gasteiger partial charge in [-0.15, -0.1) is 0 Å². The summed E-state index contributed by atoms with van der Waals surface area (Å²) in [5, 5.41) is 0. The summed E-state index contributed by atoms with van der Waals surface area (Å²) in [7, 11) is 0. The number of carbonyl (C=O) groups is 1. The summed E-state index contributed by atoms with van der Waals surface area (Å²) in [5.41, 5.74) is -0.174. The summed E-state index contributed by atoms with van der Waals surface area (Å²) in [6, 6.07) is 0. The maximum absolute atomic E-state index is 10.9. The first-order chi connectivity index (χ1) is 4.50. The molecular weight excluding hydrogens is 124 g/mol. The Labute approximate surface area is 63.1 Å². The molecule has 0 aromatic carbocycles. The molecule has 0 spiro atoms. The van der Waals surface area contributed by atoms with Crippen molar-refractivity contribution in [3.63, 3.8) is 0 Å². The predicted octanol–water partition coefficient (Wildman–Crippen LogP) is 2.57. The van der Waals surface area contributed by atoms with Gasteiger partial charge in [-0.2, -0.15) is 0 Å². The van der Waals surface area contributed by atoms with Gasteiger partial charge in [-0.1, -0.05) is 26.0 Å². The third-order valence-corrected chi connectivity index (χ3v) is 1.82. The van der Waals surface area contributed by atoms with E-state index in [0.717, 1.165) is 6.42 Å². The number of rotatable bonds is 3. The number of ketones is 1. The minimum Gasteiger partial charge on any atom is -0.299 e. The van der Waals surface area contributed by atoms with Crippen molar-refractivity contribution >= 4 is 5.78 Å². The Hall–Kier alpha value is -0.590. The summed E-state index contributed by atoms with van der Waals surface area (Å²) in [6.45, 7) is 7.55. The summed E-state index contributed by atoms with van der Waals surface area (Å²) in [6.07, 6.45) is 4.85. The number of hydrogen-bond acceptors (Lipinski definition) is 1. The summed E-state index contributed by atoms with van der Waals surface area (Å²) < 4.78 is 0. The van der Waals surface area contributed by atoms with Crippen LogP contribution < -0.4 is 0 Å². The van der Waals surface area contributed by atoms with Gasteiger partial charge in [0, 0.05) is 5.41 Å². The van der Waals surface area contributed by atoms with E-state index in [1.807, 2.05) is 32.9 Å². The van der Waals surface area contributed by atoms with Crippen LogP contribution in [-0.4, -0.2) is 5.78 Å². The van der Waals surface area contributed by atoms with Gasteiger partial charge in [0.2, 0.25) is 0 Å².